The van der Waals surface area contributed by atoms with Crippen LogP contribution < -0.4 is 5.73 Å². The Morgan fingerprint density at radius 1 is 1.33 bits per heavy atom. The lowest BCUT2D eigenvalue weighted by Crippen LogP contribution is -2.24. The van der Waals surface area contributed by atoms with Crippen LogP contribution in [0.5, 0.6) is 0 Å². The average molecular weight is 372 g/mol. The quantitative estimate of drug-likeness (QED) is 0.440. The molecule has 27 heavy (non-hydrogen) atoms. The Morgan fingerprint density at radius 2 is 2.07 bits per heavy atom. The van der Waals surface area contributed by atoms with Gasteiger partial charge in [0, 0.05) is 24.1 Å². The summed E-state index contributed by atoms with van der Waals surface area (Å²) in [6.45, 7) is -0.325. The molecule has 4 rings (SSSR count). The molecule has 0 bridgehead atoms. The Balaban J connectivity index is 1.87. The number of nitrogens with two attached hydrogens (primary N) is 1. The van der Waals surface area contributed by atoms with Crippen LogP contribution in [0.4, 0.5) is 11.5 Å². The molecule has 2 aromatic heterocycles. The first-order valence-electron chi connectivity index (χ1n) is 8.17. The van der Waals surface area contributed by atoms with Crippen molar-refractivity contribution in [2.75, 3.05) is 12.3 Å². The molecule has 1 aliphatic rings. The summed E-state index contributed by atoms with van der Waals surface area (Å²) >= 11 is 0. The van der Waals surface area contributed by atoms with Crippen molar-refractivity contribution in [3.05, 3.63) is 40.7 Å². The molecule has 3 heterocycles. The monoisotopic (exact) mass is 372 g/mol. The molecule has 4 N–H and O–H groups in total. The minimum atomic E-state index is -0.846. The number of ether oxygens (including phenoxy) is 1. The lowest BCUT2D eigenvalue weighted by atomic mass is 10.1. The first kappa shape index (κ1) is 17.3. The normalized spacial score (nSPS) is 22.4. The minimum absolute atomic E-state index is 0.0476. The number of aliphatic hydroxyl groups excluding tert-OH is 2. The molecule has 3 aromatic rings. The minimum Gasteiger partial charge on any atom is -0.394 e. The number of imidazole rings is 1. The van der Waals surface area contributed by atoms with Gasteiger partial charge < -0.3 is 20.7 Å². The van der Waals surface area contributed by atoms with E-state index in [0.29, 0.717) is 22.6 Å². The molecule has 0 spiro atoms. The third-order valence-electron chi connectivity index (χ3n) is 4.51. The molecule has 140 valence electrons. The predicted octanol–water partition coefficient (Wildman–Crippen LogP) is 0.624. The highest BCUT2D eigenvalue weighted by Crippen LogP contribution is 2.36. The van der Waals surface area contributed by atoms with Crippen molar-refractivity contribution in [3.8, 4) is 11.4 Å². The third kappa shape index (κ3) is 2.87. The van der Waals surface area contributed by atoms with Crippen LogP contribution in [0, 0.1) is 10.1 Å². The summed E-state index contributed by atoms with van der Waals surface area (Å²) in [5, 5.41) is 30.3. The zero-order valence-electron chi connectivity index (χ0n) is 14.0. The van der Waals surface area contributed by atoms with Crippen LogP contribution in [0.25, 0.3) is 22.6 Å². The first-order valence-corrected chi connectivity index (χ1v) is 8.17. The molecule has 0 saturated carbocycles. The van der Waals surface area contributed by atoms with E-state index in [9.17, 15) is 20.3 Å². The van der Waals surface area contributed by atoms with Crippen LogP contribution >= 0.6 is 0 Å². The van der Waals surface area contributed by atoms with Crippen molar-refractivity contribution in [2.45, 2.75) is 24.9 Å². The second kappa shape index (κ2) is 6.54. The molecule has 3 atom stereocenters. The molecule has 0 aliphatic carbocycles. The van der Waals surface area contributed by atoms with Gasteiger partial charge in [-0.3, -0.25) is 14.7 Å². The van der Waals surface area contributed by atoms with Crippen LogP contribution in [-0.4, -0.2) is 53.5 Å². The van der Waals surface area contributed by atoms with Gasteiger partial charge in [-0.1, -0.05) is 0 Å². The highest BCUT2D eigenvalue weighted by Gasteiger charge is 2.37. The summed E-state index contributed by atoms with van der Waals surface area (Å²) in [4.78, 5) is 23.1. The molecule has 11 heteroatoms. The van der Waals surface area contributed by atoms with E-state index in [0.717, 1.165) is 0 Å². The summed E-state index contributed by atoms with van der Waals surface area (Å²) in [5.41, 5.74) is 7.22. The summed E-state index contributed by atoms with van der Waals surface area (Å²) in [6.07, 6.45) is -0.690. The molecule has 1 fully saturated rings. The molecule has 1 saturated heterocycles. The van der Waals surface area contributed by atoms with E-state index in [4.69, 9.17) is 10.5 Å². The maximum absolute atomic E-state index is 10.9. The van der Waals surface area contributed by atoms with Crippen molar-refractivity contribution < 1.29 is 19.9 Å². The second-order valence-electron chi connectivity index (χ2n) is 6.16. The van der Waals surface area contributed by atoms with Crippen molar-refractivity contribution in [1.29, 1.82) is 0 Å². The molecule has 0 radical (unpaired) electrons. The lowest BCUT2D eigenvalue weighted by molar-refractivity contribution is -0.384. The number of anilines is 1. The van der Waals surface area contributed by atoms with Gasteiger partial charge in [-0.05, 0) is 12.1 Å². The number of hydrogen-bond donors (Lipinski definition) is 3. The fourth-order valence-electron chi connectivity index (χ4n) is 3.17. The fraction of sp³-hybridized carbons (Fsp3) is 0.312. The molecular weight excluding hydrogens is 356 g/mol. The second-order valence-corrected chi connectivity index (χ2v) is 6.16. The number of hydrogen-bond acceptors (Lipinski definition) is 9. The molecule has 0 amide bonds. The van der Waals surface area contributed by atoms with Gasteiger partial charge in [0.05, 0.1) is 17.6 Å². The van der Waals surface area contributed by atoms with Gasteiger partial charge in [-0.15, -0.1) is 0 Å². The number of fused-ring (bicyclic) bond motifs is 1. The topological polar surface area (TPSA) is 162 Å². The van der Waals surface area contributed by atoms with Crippen molar-refractivity contribution in [1.82, 2.24) is 19.5 Å². The predicted molar refractivity (Wildman–Crippen MR) is 93.4 cm³/mol. The zero-order chi connectivity index (χ0) is 19.1. The van der Waals surface area contributed by atoms with Crippen molar-refractivity contribution in [3.63, 3.8) is 0 Å². The smallest absolute Gasteiger partial charge is 0.269 e. The number of aromatic nitrogens is 4. The number of rotatable bonds is 4. The van der Waals surface area contributed by atoms with Gasteiger partial charge in [0.25, 0.3) is 5.69 Å². The van der Waals surface area contributed by atoms with E-state index in [2.05, 4.69) is 15.0 Å². The molecule has 1 aliphatic heterocycles. The van der Waals surface area contributed by atoms with E-state index in [-0.39, 0.29) is 24.5 Å². The van der Waals surface area contributed by atoms with Gasteiger partial charge >= 0.3 is 0 Å². The summed E-state index contributed by atoms with van der Waals surface area (Å²) in [6, 6.07) is 5.87. The van der Waals surface area contributed by atoms with Gasteiger partial charge in [0.2, 0.25) is 0 Å². The zero-order valence-corrected chi connectivity index (χ0v) is 14.0. The SMILES string of the molecule is Nc1ncnc2c1nc(-c1ccc([N+](=O)[O-])cc1)n2[C@H]1C[C@H](O)[C@@H](CO)O1. The Bertz CT molecular complexity index is 1000. The number of nitro groups is 1. The first-order chi connectivity index (χ1) is 13.0. The number of nitrogen functional groups attached to an aromatic ring is 1. The molecule has 11 nitrogen and oxygen atoms in total. The van der Waals surface area contributed by atoms with E-state index >= 15 is 0 Å². The number of aliphatic hydroxyl groups is 2. The number of benzene rings is 1. The van der Waals surface area contributed by atoms with Crippen LogP contribution in [0.3, 0.4) is 0 Å². The number of nitrogens with zero attached hydrogens (tertiary/aromatic N) is 5. The number of nitro benzene ring substituents is 1. The third-order valence-corrected chi connectivity index (χ3v) is 4.51. The van der Waals surface area contributed by atoms with Crippen LogP contribution in [0.2, 0.25) is 0 Å². The summed E-state index contributed by atoms with van der Waals surface area (Å²) < 4.78 is 7.41. The van der Waals surface area contributed by atoms with Crippen molar-refractivity contribution in [2.24, 2.45) is 0 Å². The van der Waals surface area contributed by atoms with E-state index < -0.39 is 23.4 Å². The maximum atomic E-state index is 10.9. The molecule has 0 unspecified atom stereocenters. The highest BCUT2D eigenvalue weighted by molar-refractivity contribution is 5.85. The van der Waals surface area contributed by atoms with Gasteiger partial charge in [0.15, 0.2) is 17.0 Å². The number of non-ortho nitro benzene ring substituents is 1. The van der Waals surface area contributed by atoms with Crippen molar-refractivity contribution >= 4 is 22.7 Å². The highest BCUT2D eigenvalue weighted by atomic mass is 16.6. The molecular formula is C16H16N6O5. The van der Waals surface area contributed by atoms with E-state index in [1.54, 1.807) is 16.7 Å². The van der Waals surface area contributed by atoms with Gasteiger partial charge in [-0.2, -0.15) is 0 Å². The summed E-state index contributed by atoms with van der Waals surface area (Å²) in [7, 11) is 0. The van der Waals surface area contributed by atoms with Gasteiger partial charge in [0.1, 0.15) is 24.5 Å². The summed E-state index contributed by atoms with van der Waals surface area (Å²) in [5.74, 6) is 0.599. The van der Waals surface area contributed by atoms with Crippen LogP contribution in [-0.2, 0) is 4.74 Å². The van der Waals surface area contributed by atoms with Crippen LogP contribution in [0.1, 0.15) is 12.6 Å². The van der Waals surface area contributed by atoms with E-state index in [1.165, 1.54) is 18.5 Å². The van der Waals surface area contributed by atoms with Gasteiger partial charge in [-0.25, -0.2) is 15.0 Å². The Hall–Kier alpha value is -3.15. The largest absolute Gasteiger partial charge is 0.394 e. The molecule has 1 aromatic carbocycles. The standard InChI is InChI=1S/C16H16N6O5/c17-14-13-16(19-7-18-14)21(12-5-10(24)11(6-23)27-12)15(20-13)8-1-3-9(4-2-8)22(25)26/h1-4,7,10-12,23-24H,5-6H2,(H2,17,18,19)/t10-,11+,12+/m0/s1. The Kier molecular flexibility index (Phi) is 4.18. The Labute approximate surface area is 152 Å². The fourth-order valence-corrected chi connectivity index (χ4v) is 3.17. The lowest BCUT2D eigenvalue weighted by Gasteiger charge is -2.16. The van der Waals surface area contributed by atoms with Crippen LogP contribution in [0.15, 0.2) is 30.6 Å². The Morgan fingerprint density at radius 3 is 2.70 bits per heavy atom. The maximum Gasteiger partial charge on any atom is 0.269 e. The average Bonchev–Trinajstić information content (AvgIpc) is 3.22. The van der Waals surface area contributed by atoms with E-state index in [1.807, 2.05) is 0 Å².